The van der Waals surface area contributed by atoms with Crippen LogP contribution >= 0.6 is 0 Å². The molecule has 3 aromatic heterocycles. The second-order valence-electron chi connectivity index (χ2n) is 16.0. The normalized spacial score (nSPS) is 13.3. The molecular formula is C47H15F20N5. The van der Waals surface area contributed by atoms with Crippen LogP contribution in [-0.4, -0.2) is 31.9 Å². The molecule has 10 rings (SSSR count). The van der Waals surface area contributed by atoms with Crippen molar-refractivity contribution in [2.75, 3.05) is 7.05 Å². The quantitative estimate of drug-likeness (QED) is 0.105. The Balaban J connectivity index is 1.55. The molecule has 3 aliphatic rings. The Morgan fingerprint density at radius 1 is 0.306 bits per heavy atom. The van der Waals surface area contributed by atoms with E-state index in [9.17, 15) is 17.6 Å². The lowest BCUT2D eigenvalue weighted by atomic mass is 9.98. The molecule has 0 saturated carbocycles. The maximum atomic E-state index is 16.2. The van der Waals surface area contributed by atoms with Crippen molar-refractivity contribution in [3.63, 3.8) is 0 Å². The predicted octanol–water partition coefficient (Wildman–Crippen LogP) is 14.1. The maximum absolute atomic E-state index is 16.2. The van der Waals surface area contributed by atoms with Gasteiger partial charge in [-0.1, -0.05) is 0 Å². The number of fused-ring (bicyclic) bond motifs is 11. The molecule has 0 radical (unpaired) electrons. The number of aromatic nitrogens is 4. The van der Waals surface area contributed by atoms with Crippen molar-refractivity contribution in [1.29, 1.82) is 0 Å². The first kappa shape index (κ1) is 47.7. The van der Waals surface area contributed by atoms with Crippen molar-refractivity contribution < 1.29 is 87.8 Å². The van der Waals surface area contributed by atoms with E-state index in [2.05, 4.69) is 19.9 Å². The molecular weight excluding hydrogens is 1010 g/mol. The molecule has 0 atom stereocenters. The fourth-order valence-corrected chi connectivity index (χ4v) is 8.78. The van der Waals surface area contributed by atoms with Crippen LogP contribution in [0.15, 0.2) is 12.1 Å². The molecule has 0 amide bonds. The summed E-state index contributed by atoms with van der Waals surface area (Å²) in [5.74, 6) is -52.5. The number of nitrogens with one attached hydrogen (secondary N) is 2. The van der Waals surface area contributed by atoms with Crippen molar-refractivity contribution in [2.24, 2.45) is 0 Å². The first-order valence-electron chi connectivity index (χ1n) is 19.9. The van der Waals surface area contributed by atoms with Crippen LogP contribution in [-0.2, 0) is 13.1 Å². The van der Waals surface area contributed by atoms with Crippen LogP contribution in [0.2, 0.25) is 0 Å². The van der Waals surface area contributed by atoms with Crippen LogP contribution in [0.4, 0.5) is 87.8 Å². The summed E-state index contributed by atoms with van der Waals surface area (Å²) in [4.78, 5) is 14.2. The molecule has 8 bridgehead atoms. The standard InChI is InChI=1S/C47H15F20N5/c1-72-8-10-11(9-72)47-21(25-32(54)40(62)45(67)41(63)33(25)55)17-7-5-15(70-17)19(23-28(50)36(58)43(65)37(59)29(23)51)13-3-2-12(68-13)18(22-26(48)34(56)42(64)35(57)27(22)49)14-4-6-16(69-14)20(46(10)71-47)24-30(52)38(60)44(66)39(61)31(24)53/h2-7,68,71H,8-9H2,1H3. The molecule has 25 heteroatoms. The van der Waals surface area contributed by atoms with Crippen molar-refractivity contribution in [3.8, 4) is 44.5 Å². The average Bonchev–Trinajstić information content (AvgIpc) is 4.23. The molecule has 0 saturated heterocycles. The highest BCUT2D eigenvalue weighted by Gasteiger charge is 2.37. The lowest BCUT2D eigenvalue weighted by molar-refractivity contribution is 0.353. The number of nitrogens with zero attached hydrogens (tertiary/aromatic N) is 3. The fraction of sp³-hybridized carbons (Fsp3) is 0.0638. The Hall–Kier alpha value is -7.96. The number of aromatic amines is 2. The van der Waals surface area contributed by atoms with Gasteiger partial charge in [0, 0.05) is 46.4 Å². The Morgan fingerprint density at radius 2 is 0.528 bits per heavy atom. The molecule has 368 valence electrons. The monoisotopic (exact) mass is 1030 g/mol. The van der Waals surface area contributed by atoms with Gasteiger partial charge in [0.15, 0.2) is 93.1 Å². The van der Waals surface area contributed by atoms with Crippen LogP contribution in [0.1, 0.15) is 33.9 Å². The zero-order valence-corrected chi connectivity index (χ0v) is 34.8. The van der Waals surface area contributed by atoms with Gasteiger partial charge >= 0.3 is 0 Å². The van der Waals surface area contributed by atoms with Gasteiger partial charge in [-0.3, -0.25) is 4.90 Å². The SMILES string of the molecule is CN1Cc2c(c3[nH]c2c(-c2c(F)c(F)c(F)c(F)c2F)c2nc(c(-c4c(F)c(F)c(F)c(F)c4F)c4ccc([nH]4)c(-c4c(F)c(F)c(F)c(F)c4F)c4nc(c3-c3c(F)c(F)c(F)c(F)c3F)C=C4)C=C2)C1. The van der Waals surface area contributed by atoms with Gasteiger partial charge in [0.1, 0.15) is 0 Å². The van der Waals surface area contributed by atoms with Crippen LogP contribution in [0.3, 0.4) is 0 Å². The van der Waals surface area contributed by atoms with Crippen LogP contribution < -0.4 is 0 Å². The second kappa shape index (κ2) is 16.6. The number of rotatable bonds is 4. The molecule has 0 fully saturated rings. The van der Waals surface area contributed by atoms with Crippen molar-refractivity contribution in [3.05, 3.63) is 162 Å². The number of halogens is 20. The molecule has 0 spiro atoms. The van der Waals surface area contributed by atoms with Crippen molar-refractivity contribution in [2.45, 2.75) is 13.1 Å². The Bertz CT molecular complexity index is 3550. The summed E-state index contributed by atoms with van der Waals surface area (Å²) in [6, 6.07) is 1.29. The van der Waals surface area contributed by atoms with E-state index in [4.69, 9.17) is 0 Å². The third-order valence-corrected chi connectivity index (χ3v) is 11.9. The largest absolute Gasteiger partial charge is 0.354 e. The van der Waals surface area contributed by atoms with Gasteiger partial charge in [-0.25, -0.2) is 97.8 Å². The van der Waals surface area contributed by atoms with E-state index in [1.54, 1.807) is 0 Å². The van der Waals surface area contributed by atoms with E-state index in [1.807, 2.05) is 0 Å². The number of hydrogen-bond donors (Lipinski definition) is 2. The predicted molar refractivity (Wildman–Crippen MR) is 215 cm³/mol. The summed E-state index contributed by atoms with van der Waals surface area (Å²) in [5, 5.41) is 0. The minimum absolute atomic E-state index is 0.320. The number of H-pyrrole nitrogens is 2. The van der Waals surface area contributed by atoms with E-state index in [-0.39, 0.29) is 11.1 Å². The third kappa shape index (κ3) is 6.61. The fourth-order valence-electron chi connectivity index (χ4n) is 8.78. The zero-order valence-electron chi connectivity index (χ0n) is 34.8. The van der Waals surface area contributed by atoms with E-state index >= 15 is 70.2 Å². The van der Waals surface area contributed by atoms with Crippen LogP contribution in [0, 0.1) is 116 Å². The lowest BCUT2D eigenvalue weighted by Crippen LogP contribution is -2.09. The molecule has 72 heavy (non-hydrogen) atoms. The average molecular weight is 1030 g/mol. The molecule has 4 aromatic carbocycles. The summed E-state index contributed by atoms with van der Waals surface area (Å²) >= 11 is 0. The molecule has 5 nitrogen and oxygen atoms in total. The molecule has 6 heterocycles. The Kier molecular flexibility index (Phi) is 11.0. The topological polar surface area (TPSA) is 60.6 Å². The lowest BCUT2D eigenvalue weighted by Gasteiger charge is -2.13. The Labute approximate surface area is 385 Å². The van der Waals surface area contributed by atoms with Gasteiger partial charge in [-0.2, -0.15) is 0 Å². The Morgan fingerprint density at radius 3 is 0.792 bits per heavy atom. The number of hydrogen-bond acceptors (Lipinski definition) is 3. The first-order chi connectivity index (χ1) is 34.0. The van der Waals surface area contributed by atoms with E-state index in [0.717, 1.165) is 0 Å². The highest BCUT2D eigenvalue weighted by molar-refractivity contribution is 6.02. The smallest absolute Gasteiger partial charge is 0.200 e. The molecule has 0 aliphatic carbocycles. The second-order valence-corrected chi connectivity index (χ2v) is 16.0. The van der Waals surface area contributed by atoms with Gasteiger partial charge in [0.25, 0.3) is 0 Å². The van der Waals surface area contributed by atoms with Gasteiger partial charge in [-0.05, 0) is 54.6 Å². The zero-order chi connectivity index (χ0) is 52.0. The van der Waals surface area contributed by atoms with Gasteiger partial charge in [0.2, 0.25) is 23.3 Å². The molecule has 0 unspecified atom stereocenters. The summed E-state index contributed by atoms with van der Waals surface area (Å²) in [6.07, 6.45) is 2.56. The molecule has 7 aromatic rings. The van der Waals surface area contributed by atoms with E-state index < -0.39 is 219 Å². The van der Waals surface area contributed by atoms with Crippen molar-refractivity contribution in [1.82, 2.24) is 24.8 Å². The number of benzene rings is 4. The first-order valence-corrected chi connectivity index (χ1v) is 19.9. The summed E-state index contributed by atoms with van der Waals surface area (Å²) in [5.41, 5.74) is -20.6. The van der Waals surface area contributed by atoms with Gasteiger partial charge in [-0.15, -0.1) is 0 Å². The minimum atomic E-state index is -2.71. The highest BCUT2D eigenvalue weighted by Crippen LogP contribution is 2.47. The summed E-state index contributed by atoms with van der Waals surface area (Å²) in [7, 11) is 1.31. The van der Waals surface area contributed by atoms with E-state index in [1.165, 1.54) is 11.9 Å². The molecule has 2 N–H and O–H groups in total. The summed E-state index contributed by atoms with van der Waals surface area (Å²) < 4.78 is 308. The van der Waals surface area contributed by atoms with Gasteiger partial charge < -0.3 is 9.97 Å². The third-order valence-electron chi connectivity index (χ3n) is 11.9. The summed E-state index contributed by atoms with van der Waals surface area (Å²) in [6.45, 7) is -0.967. The van der Waals surface area contributed by atoms with Crippen molar-refractivity contribution >= 4 is 46.4 Å². The maximum Gasteiger partial charge on any atom is 0.200 e. The van der Waals surface area contributed by atoms with Crippen LogP contribution in [0.5, 0.6) is 0 Å². The van der Waals surface area contributed by atoms with E-state index in [0.29, 0.717) is 36.4 Å². The highest BCUT2D eigenvalue weighted by atomic mass is 19.2. The van der Waals surface area contributed by atoms with Crippen LogP contribution in [0.25, 0.3) is 90.9 Å². The molecule has 3 aliphatic heterocycles. The minimum Gasteiger partial charge on any atom is -0.354 e. The van der Waals surface area contributed by atoms with Gasteiger partial charge in [0.05, 0.1) is 56.1 Å².